The molecule has 2 atom stereocenters. The zero-order valence-electron chi connectivity index (χ0n) is 7.10. The van der Waals surface area contributed by atoms with Crippen molar-refractivity contribution >= 4 is 26.5 Å². The van der Waals surface area contributed by atoms with Gasteiger partial charge < -0.3 is 20.2 Å². The maximum Gasteiger partial charge on any atom is 0.489 e. The first-order chi connectivity index (χ1) is 6.84. The second kappa shape index (κ2) is 9.16. The van der Waals surface area contributed by atoms with Gasteiger partial charge in [0.15, 0.2) is 0 Å². The minimum Gasteiger partial charge on any atom is -0.566 e. The summed E-state index contributed by atoms with van der Waals surface area (Å²) in [6, 6.07) is 0. The van der Waals surface area contributed by atoms with Crippen LogP contribution in [0.4, 0.5) is 0 Å². The van der Waals surface area contributed by atoms with E-state index in [9.17, 15) is 14.3 Å². The topological polar surface area (TPSA) is 161 Å². The summed E-state index contributed by atoms with van der Waals surface area (Å²) in [6.45, 7) is -0.862. The van der Waals surface area contributed by atoms with Gasteiger partial charge in [0.1, 0.15) is 0 Å². The van der Waals surface area contributed by atoms with Crippen molar-refractivity contribution in [3.8, 4) is 0 Å². The van der Waals surface area contributed by atoms with Crippen LogP contribution in [0.3, 0.4) is 0 Å². The first-order valence-electron chi connectivity index (χ1n) is 3.18. The largest absolute Gasteiger partial charge is 0.566 e. The van der Waals surface area contributed by atoms with E-state index in [0.717, 1.165) is 0 Å². The summed E-state index contributed by atoms with van der Waals surface area (Å²) in [5.41, 5.74) is 0. The molecule has 0 heterocycles. The van der Waals surface area contributed by atoms with E-state index in [2.05, 4.69) is 4.52 Å². The van der Waals surface area contributed by atoms with E-state index in [-0.39, 0.29) is 6.29 Å². The highest BCUT2D eigenvalue weighted by molar-refractivity contribution is 7.30. The van der Waals surface area contributed by atoms with Gasteiger partial charge in [0.05, 0.1) is 6.61 Å². The quantitative estimate of drug-likeness (QED) is 0.274. The zero-order chi connectivity index (χ0) is 12.4. The van der Waals surface area contributed by atoms with Gasteiger partial charge in [-0.1, -0.05) is 0 Å². The molecule has 0 aliphatic carbocycles. The molecule has 0 amide bonds. The van der Waals surface area contributed by atoms with Gasteiger partial charge in [0, 0.05) is 0 Å². The average molecular weight is 242 g/mol. The smallest absolute Gasteiger partial charge is 0.489 e. The summed E-state index contributed by atoms with van der Waals surface area (Å²) in [6.07, 6.45) is -1.85. The van der Waals surface area contributed by atoms with Crippen LogP contribution in [-0.2, 0) is 23.5 Å². The third kappa shape index (κ3) is 12.6. The molecular weight excluding hydrogens is 235 g/mol. The van der Waals surface area contributed by atoms with Crippen LogP contribution < -0.4 is 4.89 Å². The number of carboxylic acids is 2. The molecule has 86 valence electrons. The molecule has 2 unspecified atom stereocenters. The number of hydrogen-bond acceptors (Lipinski definition) is 7. The van der Waals surface area contributed by atoms with Crippen LogP contribution in [0.2, 0.25) is 0 Å². The highest BCUT2D eigenvalue weighted by Crippen LogP contribution is 2.12. The predicted octanol–water partition coefficient (Wildman–Crippen LogP) is -2.26. The number of hydrogen-bond donors (Lipinski definition) is 3. The van der Waals surface area contributed by atoms with Crippen LogP contribution in [0.15, 0.2) is 0 Å². The van der Waals surface area contributed by atoms with E-state index in [0.29, 0.717) is 0 Å². The van der Waals surface area contributed by atoms with Crippen molar-refractivity contribution in [2.75, 3.05) is 6.61 Å². The van der Waals surface area contributed by atoms with Crippen molar-refractivity contribution in [1.82, 2.24) is 0 Å². The average Bonchev–Trinajstić information content (AvgIpc) is 2.14. The monoisotopic (exact) mass is 242 g/mol. The fourth-order valence-electron chi connectivity index (χ4n) is 0.260. The minimum atomic E-state index is -3.22. The van der Waals surface area contributed by atoms with E-state index in [1.807, 2.05) is 0 Å². The third-order valence-electron chi connectivity index (χ3n) is 0.755. The van der Waals surface area contributed by atoms with Gasteiger partial charge in [-0.05, 0) is 4.57 Å². The fraction of sp³-hybridized carbons (Fsp3) is 0.400. The molecule has 0 bridgehead atoms. The number of aliphatic hydroxyl groups excluding tert-OH is 1. The second-order valence-corrected chi connectivity index (χ2v) is 2.45. The maximum atomic E-state index is 9.91. The summed E-state index contributed by atoms with van der Waals surface area (Å²) in [5.74, 6) is -2.94. The van der Waals surface area contributed by atoms with Crippen LogP contribution in [0.1, 0.15) is 0 Å². The highest BCUT2D eigenvalue weighted by Gasteiger charge is 2.23. The van der Waals surface area contributed by atoms with Crippen molar-refractivity contribution in [2.45, 2.75) is 6.10 Å². The van der Waals surface area contributed by atoms with E-state index in [1.54, 1.807) is 0 Å². The van der Waals surface area contributed by atoms with Crippen molar-refractivity contribution in [3.05, 3.63) is 0 Å². The molecule has 0 aromatic carbocycles. The number of aliphatic carboxylic acids is 2. The number of carbonyl (C=O) groups is 3. The fourth-order valence-corrected chi connectivity index (χ4v) is 0.625. The normalized spacial score (nSPS) is 11.7. The van der Waals surface area contributed by atoms with Crippen LogP contribution in [0.25, 0.3) is 0 Å². The van der Waals surface area contributed by atoms with Crippen molar-refractivity contribution in [1.29, 1.82) is 0 Å². The Morgan fingerprint density at radius 1 is 1.47 bits per heavy atom. The Balaban J connectivity index is 0. The lowest BCUT2D eigenvalue weighted by atomic mass is 10.4. The Kier molecular flexibility index (Phi) is 9.79. The molecule has 0 spiro atoms. The molecule has 15 heavy (non-hydrogen) atoms. The maximum absolute atomic E-state index is 9.91. The third-order valence-corrected chi connectivity index (χ3v) is 1.18. The van der Waals surface area contributed by atoms with E-state index < -0.39 is 32.9 Å². The van der Waals surface area contributed by atoms with Crippen LogP contribution in [0.5, 0.6) is 0 Å². The Hall–Kier alpha value is -1.41. The van der Waals surface area contributed by atoms with Crippen molar-refractivity contribution in [2.24, 2.45) is 0 Å². The standard InChI is InChI=1S/C3H5O6P.C2H2O3/c4-1-2(3(5)6)9-10(7)8;3-1-2(4)5/h2,4H,1H2,(H,5,6);1H,(H,4,5). The molecule has 0 radical (unpaired) electrons. The highest BCUT2D eigenvalue weighted by atomic mass is 31.1. The van der Waals surface area contributed by atoms with E-state index in [4.69, 9.17) is 24.9 Å². The van der Waals surface area contributed by atoms with Crippen molar-refractivity contribution < 1.29 is 43.7 Å². The molecule has 0 fully saturated rings. The van der Waals surface area contributed by atoms with Crippen LogP contribution >= 0.6 is 8.25 Å². The summed E-state index contributed by atoms with van der Waals surface area (Å²) < 4.78 is 13.5. The second-order valence-electron chi connectivity index (χ2n) is 1.79. The van der Waals surface area contributed by atoms with Gasteiger partial charge >= 0.3 is 20.2 Å². The summed E-state index contributed by atoms with van der Waals surface area (Å²) >= 11 is 0. The van der Waals surface area contributed by atoms with E-state index in [1.165, 1.54) is 0 Å². The van der Waals surface area contributed by atoms with Crippen LogP contribution in [-0.4, -0.2) is 46.3 Å². The van der Waals surface area contributed by atoms with Gasteiger partial charge in [0.25, 0.3) is 0 Å². The van der Waals surface area contributed by atoms with Gasteiger partial charge in [-0.15, -0.1) is 4.52 Å². The molecule has 0 aromatic heterocycles. The zero-order valence-corrected chi connectivity index (χ0v) is 7.99. The lowest BCUT2D eigenvalue weighted by Gasteiger charge is -2.00. The Labute approximate surface area is 83.9 Å². The van der Waals surface area contributed by atoms with Gasteiger partial charge in [-0.3, -0.25) is 4.79 Å². The lowest BCUT2D eigenvalue weighted by Crippen LogP contribution is -2.26. The number of aldehydes is 1. The molecule has 3 N–H and O–H groups in total. The molecule has 0 aliphatic rings. The van der Waals surface area contributed by atoms with Crippen LogP contribution in [0, 0.1) is 0 Å². The number of carboxylic acid groups (broad SMARTS) is 2. The first-order valence-corrected chi connectivity index (χ1v) is 4.27. The molecule has 0 aliphatic heterocycles. The predicted molar refractivity (Wildman–Crippen MR) is 40.9 cm³/mol. The first kappa shape index (κ1) is 16.0. The molecule has 10 heteroatoms. The number of aliphatic hydroxyl groups is 1. The Morgan fingerprint density at radius 2 is 1.87 bits per heavy atom. The molecule has 0 saturated heterocycles. The molecule has 0 aromatic rings. The van der Waals surface area contributed by atoms with Gasteiger partial charge in [0.2, 0.25) is 12.4 Å². The molecule has 9 nitrogen and oxygen atoms in total. The van der Waals surface area contributed by atoms with Crippen molar-refractivity contribution in [3.63, 3.8) is 0 Å². The SMILES string of the molecule is O=C(O)C(CO)O[P+](=O)[O-].O=CC(=O)O. The Morgan fingerprint density at radius 3 is 1.93 bits per heavy atom. The number of rotatable bonds is 5. The van der Waals surface area contributed by atoms with E-state index >= 15 is 0 Å². The lowest BCUT2D eigenvalue weighted by molar-refractivity contribution is -0.194. The number of carbonyl (C=O) groups excluding carboxylic acids is 1. The van der Waals surface area contributed by atoms with Gasteiger partial charge in [-0.2, -0.15) is 0 Å². The summed E-state index contributed by atoms with van der Waals surface area (Å²) in [7, 11) is -3.22. The molecule has 0 rings (SSSR count). The Bertz CT molecular complexity index is 249. The summed E-state index contributed by atoms with van der Waals surface area (Å²) in [5, 5.41) is 23.6. The summed E-state index contributed by atoms with van der Waals surface area (Å²) in [4.78, 5) is 37.5. The minimum absolute atomic E-state index is 0.167. The van der Waals surface area contributed by atoms with Gasteiger partial charge in [-0.25, -0.2) is 9.59 Å². The molecule has 0 saturated carbocycles. The molecular formula is C5H7O9P.